The predicted molar refractivity (Wildman–Crippen MR) is 77.4 cm³/mol. The highest BCUT2D eigenvalue weighted by molar-refractivity contribution is 5.90. The number of nitrogen functional groups attached to an aromatic ring is 1. The van der Waals surface area contributed by atoms with Crippen molar-refractivity contribution in [3.63, 3.8) is 0 Å². The summed E-state index contributed by atoms with van der Waals surface area (Å²) in [4.78, 5) is 6.97. The molecule has 0 saturated carbocycles. The Labute approximate surface area is 109 Å². The van der Waals surface area contributed by atoms with Crippen molar-refractivity contribution in [2.75, 3.05) is 12.8 Å². The third-order valence-electron chi connectivity index (χ3n) is 3.56. The Morgan fingerprint density at radius 1 is 1.33 bits per heavy atom. The second-order valence-electron chi connectivity index (χ2n) is 4.89. The molecule has 0 aliphatic carbocycles. The molecular formula is C15H21N3. The standard InChI is InChI=1S/C15H21N3/c1-4-11(2)18(3)10-12-9-14(16)13-7-5-6-8-15(13)17-12/h5-9,11H,4,10H2,1-3H3,(H2,16,17). The van der Waals surface area contributed by atoms with Crippen LogP contribution >= 0.6 is 0 Å². The van der Waals surface area contributed by atoms with E-state index in [0.29, 0.717) is 6.04 Å². The minimum Gasteiger partial charge on any atom is -0.398 e. The lowest BCUT2D eigenvalue weighted by atomic mass is 10.1. The van der Waals surface area contributed by atoms with Crippen LogP contribution in [0.1, 0.15) is 26.0 Å². The smallest absolute Gasteiger partial charge is 0.0726 e. The van der Waals surface area contributed by atoms with Crippen molar-refractivity contribution in [2.24, 2.45) is 0 Å². The molecule has 0 fully saturated rings. The number of fused-ring (bicyclic) bond motifs is 1. The normalized spacial score (nSPS) is 13.1. The fraction of sp³-hybridized carbons (Fsp3) is 0.400. The van der Waals surface area contributed by atoms with Crippen LogP contribution in [0, 0.1) is 0 Å². The summed E-state index contributed by atoms with van der Waals surface area (Å²) in [6.45, 7) is 5.26. The van der Waals surface area contributed by atoms with Crippen molar-refractivity contribution in [2.45, 2.75) is 32.9 Å². The second-order valence-corrected chi connectivity index (χ2v) is 4.89. The molecule has 18 heavy (non-hydrogen) atoms. The first-order valence-electron chi connectivity index (χ1n) is 6.46. The molecule has 2 rings (SSSR count). The average Bonchev–Trinajstić information content (AvgIpc) is 2.37. The zero-order chi connectivity index (χ0) is 13.1. The van der Waals surface area contributed by atoms with Crippen LogP contribution in [0.3, 0.4) is 0 Å². The van der Waals surface area contributed by atoms with Gasteiger partial charge in [-0.1, -0.05) is 25.1 Å². The monoisotopic (exact) mass is 243 g/mol. The molecule has 0 aliphatic heterocycles. The molecule has 1 heterocycles. The molecule has 2 aromatic rings. The minimum absolute atomic E-state index is 0.555. The lowest BCUT2D eigenvalue weighted by molar-refractivity contribution is 0.241. The van der Waals surface area contributed by atoms with Gasteiger partial charge in [0, 0.05) is 23.7 Å². The van der Waals surface area contributed by atoms with Crippen LogP contribution in [0.5, 0.6) is 0 Å². The SMILES string of the molecule is CCC(C)N(C)Cc1cc(N)c2ccccc2n1. The van der Waals surface area contributed by atoms with Gasteiger partial charge in [0.2, 0.25) is 0 Å². The molecule has 96 valence electrons. The quantitative estimate of drug-likeness (QED) is 0.897. The molecule has 1 aromatic heterocycles. The lowest BCUT2D eigenvalue weighted by Crippen LogP contribution is -2.28. The number of aromatic nitrogens is 1. The van der Waals surface area contributed by atoms with Crippen LogP contribution in [0.15, 0.2) is 30.3 Å². The van der Waals surface area contributed by atoms with E-state index in [9.17, 15) is 0 Å². The summed E-state index contributed by atoms with van der Waals surface area (Å²) in [5.41, 5.74) is 8.91. The first-order valence-corrected chi connectivity index (χ1v) is 6.46. The summed E-state index contributed by atoms with van der Waals surface area (Å²) in [6.07, 6.45) is 1.14. The molecule has 0 bridgehead atoms. The van der Waals surface area contributed by atoms with E-state index in [1.165, 1.54) is 0 Å². The van der Waals surface area contributed by atoms with E-state index in [1.807, 2.05) is 30.3 Å². The molecule has 3 heteroatoms. The van der Waals surface area contributed by atoms with Crippen molar-refractivity contribution in [1.82, 2.24) is 9.88 Å². The van der Waals surface area contributed by atoms with Gasteiger partial charge < -0.3 is 5.73 Å². The third-order valence-corrected chi connectivity index (χ3v) is 3.56. The Hall–Kier alpha value is -1.61. The summed E-state index contributed by atoms with van der Waals surface area (Å²) in [5.74, 6) is 0. The third kappa shape index (κ3) is 2.62. The van der Waals surface area contributed by atoms with Gasteiger partial charge in [0.25, 0.3) is 0 Å². The summed E-state index contributed by atoms with van der Waals surface area (Å²) >= 11 is 0. The van der Waals surface area contributed by atoms with E-state index in [4.69, 9.17) is 5.73 Å². The van der Waals surface area contributed by atoms with Crippen LogP contribution in [-0.4, -0.2) is 23.0 Å². The van der Waals surface area contributed by atoms with Gasteiger partial charge in [0.05, 0.1) is 11.2 Å². The first-order chi connectivity index (χ1) is 8.61. The van der Waals surface area contributed by atoms with Crippen molar-refractivity contribution in [1.29, 1.82) is 0 Å². The number of pyridine rings is 1. The van der Waals surface area contributed by atoms with Crippen molar-refractivity contribution in [3.05, 3.63) is 36.0 Å². The second kappa shape index (κ2) is 5.36. The fourth-order valence-electron chi connectivity index (χ4n) is 2.06. The number of rotatable bonds is 4. The van der Waals surface area contributed by atoms with E-state index in [2.05, 4.69) is 30.8 Å². The van der Waals surface area contributed by atoms with Gasteiger partial charge in [-0.25, -0.2) is 0 Å². The van der Waals surface area contributed by atoms with Gasteiger partial charge >= 0.3 is 0 Å². The molecular weight excluding hydrogens is 222 g/mol. The van der Waals surface area contributed by atoms with Gasteiger partial charge in [-0.05, 0) is 32.5 Å². The van der Waals surface area contributed by atoms with Gasteiger partial charge in [-0.2, -0.15) is 0 Å². The highest BCUT2D eigenvalue weighted by atomic mass is 15.1. The molecule has 2 N–H and O–H groups in total. The first kappa shape index (κ1) is 12.8. The maximum Gasteiger partial charge on any atom is 0.0726 e. The van der Waals surface area contributed by atoms with Crippen LogP contribution in [-0.2, 0) is 6.54 Å². The number of hydrogen-bond acceptors (Lipinski definition) is 3. The molecule has 1 unspecified atom stereocenters. The molecule has 0 saturated heterocycles. The fourth-order valence-corrected chi connectivity index (χ4v) is 2.06. The molecule has 0 radical (unpaired) electrons. The summed E-state index contributed by atoms with van der Waals surface area (Å²) < 4.78 is 0. The molecule has 0 aliphatic rings. The number of para-hydroxylation sites is 1. The van der Waals surface area contributed by atoms with Crippen molar-refractivity contribution < 1.29 is 0 Å². The molecule has 0 spiro atoms. The molecule has 0 amide bonds. The van der Waals surface area contributed by atoms with Crippen molar-refractivity contribution >= 4 is 16.6 Å². The highest BCUT2D eigenvalue weighted by Crippen LogP contribution is 2.21. The summed E-state index contributed by atoms with van der Waals surface area (Å²) in [5, 5.41) is 1.03. The molecule has 1 aromatic carbocycles. The van der Waals surface area contributed by atoms with E-state index in [-0.39, 0.29) is 0 Å². The van der Waals surface area contributed by atoms with E-state index in [1.54, 1.807) is 0 Å². The zero-order valence-electron chi connectivity index (χ0n) is 11.4. The van der Waals surface area contributed by atoms with Gasteiger partial charge in [-0.15, -0.1) is 0 Å². The van der Waals surface area contributed by atoms with E-state index in [0.717, 1.165) is 35.2 Å². The van der Waals surface area contributed by atoms with E-state index < -0.39 is 0 Å². The number of hydrogen-bond donors (Lipinski definition) is 1. The topological polar surface area (TPSA) is 42.1 Å². The molecule has 3 nitrogen and oxygen atoms in total. The minimum atomic E-state index is 0.555. The van der Waals surface area contributed by atoms with E-state index >= 15 is 0 Å². The average molecular weight is 243 g/mol. The zero-order valence-corrected chi connectivity index (χ0v) is 11.4. The summed E-state index contributed by atoms with van der Waals surface area (Å²) in [7, 11) is 2.13. The Kier molecular flexibility index (Phi) is 3.82. The van der Waals surface area contributed by atoms with Gasteiger partial charge in [0.1, 0.15) is 0 Å². The van der Waals surface area contributed by atoms with Crippen LogP contribution in [0.25, 0.3) is 10.9 Å². The Morgan fingerprint density at radius 2 is 2.06 bits per heavy atom. The Balaban J connectivity index is 2.29. The lowest BCUT2D eigenvalue weighted by Gasteiger charge is -2.23. The Morgan fingerprint density at radius 3 is 2.78 bits per heavy atom. The number of nitrogens with two attached hydrogens (primary N) is 1. The molecule has 1 atom stereocenters. The largest absolute Gasteiger partial charge is 0.398 e. The maximum atomic E-state index is 6.08. The van der Waals surface area contributed by atoms with Gasteiger partial charge in [0.15, 0.2) is 0 Å². The predicted octanol–water partition coefficient (Wildman–Crippen LogP) is 3.05. The van der Waals surface area contributed by atoms with Crippen LogP contribution < -0.4 is 5.73 Å². The Bertz CT molecular complexity index is 536. The number of benzene rings is 1. The maximum absolute atomic E-state index is 6.08. The highest BCUT2D eigenvalue weighted by Gasteiger charge is 2.09. The van der Waals surface area contributed by atoms with Crippen LogP contribution in [0.2, 0.25) is 0 Å². The summed E-state index contributed by atoms with van der Waals surface area (Å²) in [6, 6.07) is 10.6. The van der Waals surface area contributed by atoms with Crippen LogP contribution in [0.4, 0.5) is 5.69 Å². The van der Waals surface area contributed by atoms with Crippen molar-refractivity contribution in [3.8, 4) is 0 Å². The number of anilines is 1. The van der Waals surface area contributed by atoms with Gasteiger partial charge in [-0.3, -0.25) is 9.88 Å². The number of nitrogens with zero attached hydrogens (tertiary/aromatic N) is 2.